The Hall–Kier alpha value is -1.36. The molecule has 1 aliphatic rings. The van der Waals surface area contributed by atoms with Gasteiger partial charge < -0.3 is 10.4 Å². The van der Waals surface area contributed by atoms with Crippen LogP contribution in [0.3, 0.4) is 0 Å². The van der Waals surface area contributed by atoms with Crippen molar-refractivity contribution < 1.29 is 5.11 Å². The second-order valence-corrected chi connectivity index (χ2v) is 7.30. The number of hydrogen-bond acceptors (Lipinski definition) is 3. The summed E-state index contributed by atoms with van der Waals surface area (Å²) in [4.78, 5) is 0. The van der Waals surface area contributed by atoms with E-state index in [1.807, 2.05) is 35.0 Å². The second-order valence-electron chi connectivity index (χ2n) is 6.94. The molecule has 1 aromatic heterocycles. The van der Waals surface area contributed by atoms with E-state index in [9.17, 15) is 5.11 Å². The summed E-state index contributed by atoms with van der Waals surface area (Å²) in [6.45, 7) is 5.02. The van der Waals surface area contributed by atoms with Crippen LogP contribution >= 0.6 is 11.6 Å². The molecule has 1 saturated carbocycles. The molecular weight excluding hydrogens is 322 g/mol. The van der Waals surface area contributed by atoms with Crippen LogP contribution in [0.1, 0.15) is 56.7 Å². The van der Waals surface area contributed by atoms with Crippen LogP contribution in [0, 0.1) is 0 Å². The van der Waals surface area contributed by atoms with Gasteiger partial charge in [-0.3, -0.25) is 0 Å². The lowest BCUT2D eigenvalue weighted by atomic mass is 9.93. The fourth-order valence-electron chi connectivity index (χ4n) is 3.34. The van der Waals surface area contributed by atoms with Crippen molar-refractivity contribution in [1.82, 2.24) is 15.1 Å². The van der Waals surface area contributed by atoms with Crippen molar-refractivity contribution in [2.75, 3.05) is 0 Å². The van der Waals surface area contributed by atoms with Gasteiger partial charge in [-0.05, 0) is 43.7 Å². The molecule has 130 valence electrons. The van der Waals surface area contributed by atoms with Crippen LogP contribution in [0.4, 0.5) is 0 Å². The van der Waals surface area contributed by atoms with Crippen molar-refractivity contribution in [2.45, 2.75) is 64.1 Å². The van der Waals surface area contributed by atoms with E-state index in [1.165, 1.54) is 0 Å². The van der Waals surface area contributed by atoms with Crippen molar-refractivity contribution >= 4 is 11.6 Å². The average Bonchev–Trinajstić information content (AvgIpc) is 2.92. The van der Waals surface area contributed by atoms with Crippen molar-refractivity contribution in [1.29, 1.82) is 0 Å². The van der Waals surface area contributed by atoms with Gasteiger partial charge in [0.05, 0.1) is 17.5 Å². The van der Waals surface area contributed by atoms with Crippen LogP contribution in [0.2, 0.25) is 5.15 Å². The van der Waals surface area contributed by atoms with Crippen LogP contribution in [0.15, 0.2) is 30.3 Å². The number of aliphatic hydroxyl groups excluding tert-OH is 1. The Labute approximate surface area is 148 Å². The molecule has 3 rings (SSSR count). The van der Waals surface area contributed by atoms with Gasteiger partial charge in [0.25, 0.3) is 0 Å². The normalized spacial score (nSPS) is 21.4. The van der Waals surface area contributed by atoms with E-state index in [2.05, 4.69) is 19.2 Å². The molecule has 0 aliphatic heterocycles. The molecule has 1 fully saturated rings. The fourth-order valence-corrected chi connectivity index (χ4v) is 3.64. The number of benzene rings is 1. The van der Waals surface area contributed by atoms with Crippen molar-refractivity contribution in [3.8, 4) is 5.69 Å². The minimum Gasteiger partial charge on any atom is -0.393 e. The Morgan fingerprint density at radius 3 is 2.50 bits per heavy atom. The number of rotatable bonds is 5. The van der Waals surface area contributed by atoms with Crippen molar-refractivity contribution in [3.05, 3.63) is 46.7 Å². The topological polar surface area (TPSA) is 50.1 Å². The lowest BCUT2D eigenvalue weighted by Gasteiger charge is -2.26. The number of aromatic nitrogens is 2. The smallest absolute Gasteiger partial charge is 0.137 e. The third kappa shape index (κ3) is 3.82. The number of nitrogens with zero attached hydrogens (tertiary/aromatic N) is 2. The Bertz CT molecular complexity index is 661. The Balaban J connectivity index is 1.80. The molecule has 0 bridgehead atoms. The van der Waals surface area contributed by atoms with Crippen LogP contribution in [0.25, 0.3) is 5.69 Å². The summed E-state index contributed by atoms with van der Waals surface area (Å²) in [5.74, 6) is 0.317. The van der Waals surface area contributed by atoms with E-state index in [0.717, 1.165) is 49.2 Å². The molecule has 24 heavy (non-hydrogen) atoms. The third-order valence-electron chi connectivity index (χ3n) is 4.76. The minimum absolute atomic E-state index is 0.126. The summed E-state index contributed by atoms with van der Waals surface area (Å²) in [5.41, 5.74) is 3.12. The Kier molecular flexibility index (Phi) is 5.59. The van der Waals surface area contributed by atoms with E-state index in [0.29, 0.717) is 17.1 Å². The second kappa shape index (κ2) is 7.68. The molecule has 5 heteroatoms. The first-order valence-corrected chi connectivity index (χ1v) is 9.18. The molecule has 4 nitrogen and oxygen atoms in total. The van der Waals surface area contributed by atoms with Gasteiger partial charge in [-0.2, -0.15) is 5.10 Å². The predicted molar refractivity (Wildman–Crippen MR) is 97.8 cm³/mol. The summed E-state index contributed by atoms with van der Waals surface area (Å²) < 4.78 is 1.83. The minimum atomic E-state index is -0.126. The van der Waals surface area contributed by atoms with E-state index in [1.54, 1.807) is 0 Å². The average molecular weight is 348 g/mol. The van der Waals surface area contributed by atoms with E-state index in [4.69, 9.17) is 16.7 Å². The van der Waals surface area contributed by atoms with Gasteiger partial charge in [0, 0.05) is 18.2 Å². The molecular formula is C19H26ClN3O. The quantitative estimate of drug-likeness (QED) is 0.858. The summed E-state index contributed by atoms with van der Waals surface area (Å²) in [7, 11) is 0. The summed E-state index contributed by atoms with van der Waals surface area (Å²) >= 11 is 6.67. The maximum Gasteiger partial charge on any atom is 0.137 e. The first-order chi connectivity index (χ1) is 11.6. The van der Waals surface area contributed by atoms with Crippen molar-refractivity contribution in [3.63, 3.8) is 0 Å². The van der Waals surface area contributed by atoms with Gasteiger partial charge >= 0.3 is 0 Å². The lowest BCUT2D eigenvalue weighted by molar-refractivity contribution is 0.116. The molecule has 0 amide bonds. The number of nitrogens with one attached hydrogen (secondary N) is 1. The van der Waals surface area contributed by atoms with Crippen LogP contribution < -0.4 is 5.32 Å². The van der Waals surface area contributed by atoms with Gasteiger partial charge in [-0.15, -0.1) is 0 Å². The highest BCUT2D eigenvalue weighted by molar-refractivity contribution is 6.30. The number of halogens is 1. The standard InChI is InChI=1S/C19H26ClN3O/c1-13(2)18-17(12-21-14-8-10-16(24)11-9-14)19(20)23(22-18)15-6-4-3-5-7-15/h3-7,13-14,16,21,24H,8-12H2,1-2H3. The zero-order valence-electron chi connectivity index (χ0n) is 14.4. The number of para-hydroxylation sites is 1. The molecule has 0 spiro atoms. The lowest BCUT2D eigenvalue weighted by Crippen LogP contribution is -2.34. The first-order valence-electron chi connectivity index (χ1n) is 8.80. The number of aliphatic hydroxyl groups is 1. The molecule has 0 saturated heterocycles. The van der Waals surface area contributed by atoms with E-state index >= 15 is 0 Å². The molecule has 1 heterocycles. The van der Waals surface area contributed by atoms with Crippen LogP contribution in [-0.4, -0.2) is 27.0 Å². The van der Waals surface area contributed by atoms with E-state index in [-0.39, 0.29) is 6.10 Å². The summed E-state index contributed by atoms with van der Waals surface area (Å²) in [6, 6.07) is 10.5. The summed E-state index contributed by atoms with van der Waals surface area (Å²) in [5, 5.41) is 18.7. The zero-order valence-corrected chi connectivity index (χ0v) is 15.1. The molecule has 1 aliphatic carbocycles. The summed E-state index contributed by atoms with van der Waals surface area (Å²) in [6.07, 6.45) is 3.67. The highest BCUT2D eigenvalue weighted by Gasteiger charge is 2.22. The maximum absolute atomic E-state index is 9.64. The monoisotopic (exact) mass is 347 g/mol. The zero-order chi connectivity index (χ0) is 17.1. The van der Waals surface area contributed by atoms with Crippen molar-refractivity contribution in [2.24, 2.45) is 0 Å². The predicted octanol–water partition coefficient (Wildman–Crippen LogP) is 4.04. The van der Waals surface area contributed by atoms with Crippen LogP contribution in [0.5, 0.6) is 0 Å². The fraction of sp³-hybridized carbons (Fsp3) is 0.526. The van der Waals surface area contributed by atoms with Gasteiger partial charge in [-0.25, -0.2) is 4.68 Å². The highest BCUT2D eigenvalue weighted by Crippen LogP contribution is 2.29. The van der Waals surface area contributed by atoms with E-state index < -0.39 is 0 Å². The van der Waals surface area contributed by atoms with Gasteiger partial charge in [0.15, 0.2) is 0 Å². The molecule has 2 N–H and O–H groups in total. The molecule has 0 unspecified atom stereocenters. The molecule has 1 aromatic carbocycles. The molecule has 0 atom stereocenters. The first kappa shape index (κ1) is 17.5. The van der Waals surface area contributed by atoms with Gasteiger partial charge in [0.1, 0.15) is 5.15 Å². The van der Waals surface area contributed by atoms with Gasteiger partial charge in [0.2, 0.25) is 0 Å². The number of hydrogen-bond donors (Lipinski definition) is 2. The third-order valence-corrected chi connectivity index (χ3v) is 5.15. The largest absolute Gasteiger partial charge is 0.393 e. The Morgan fingerprint density at radius 1 is 1.21 bits per heavy atom. The highest BCUT2D eigenvalue weighted by atomic mass is 35.5. The molecule has 0 radical (unpaired) electrons. The SMILES string of the molecule is CC(C)c1nn(-c2ccccc2)c(Cl)c1CNC1CCC(O)CC1. The maximum atomic E-state index is 9.64. The van der Waals surface area contributed by atoms with Crippen LogP contribution in [-0.2, 0) is 6.54 Å². The van der Waals surface area contributed by atoms with Gasteiger partial charge in [-0.1, -0.05) is 43.6 Å². The molecule has 2 aromatic rings. The Morgan fingerprint density at radius 2 is 1.88 bits per heavy atom.